The van der Waals surface area contributed by atoms with Crippen LogP contribution in [0.1, 0.15) is 56.4 Å². The van der Waals surface area contributed by atoms with E-state index in [2.05, 4.69) is 41.9 Å². The van der Waals surface area contributed by atoms with Crippen LogP contribution in [0.25, 0.3) is 0 Å². The van der Waals surface area contributed by atoms with Crippen molar-refractivity contribution in [2.75, 3.05) is 13.1 Å². The summed E-state index contributed by atoms with van der Waals surface area (Å²) in [5.41, 5.74) is 18.9. The molecule has 0 aliphatic carbocycles. The van der Waals surface area contributed by atoms with E-state index in [1.165, 1.54) is 12.5 Å². The average Bonchev–Trinajstić information content (AvgIpc) is 3.74. The van der Waals surface area contributed by atoms with Gasteiger partial charge in [0.05, 0.1) is 18.8 Å². The quantitative estimate of drug-likeness (QED) is 0.0393. The Balaban J connectivity index is 1.95. The summed E-state index contributed by atoms with van der Waals surface area (Å²) >= 11 is 0. The molecule has 0 unspecified atom stereocenters. The Hall–Kier alpha value is -6.67. The molecular formula is C41H57N11O9. The minimum Gasteiger partial charge on any atom is -0.480 e. The molecule has 1 aromatic heterocycles. The Morgan fingerprint density at radius 2 is 1.13 bits per heavy atom. The number of unbranched alkanes of at least 4 members (excludes halogenated alkanes) is 1. The highest BCUT2D eigenvalue weighted by atomic mass is 16.4. The van der Waals surface area contributed by atoms with Crippen LogP contribution in [0.5, 0.6) is 0 Å². The van der Waals surface area contributed by atoms with E-state index in [0.717, 1.165) is 0 Å². The van der Waals surface area contributed by atoms with Crippen LogP contribution in [0.15, 0.2) is 73.2 Å². The molecule has 0 saturated heterocycles. The molecule has 20 heteroatoms. The van der Waals surface area contributed by atoms with Crippen LogP contribution in [0.4, 0.5) is 0 Å². The van der Waals surface area contributed by atoms with E-state index in [4.69, 9.17) is 22.3 Å². The van der Waals surface area contributed by atoms with E-state index in [-0.39, 0.29) is 38.1 Å². The number of amides is 7. The van der Waals surface area contributed by atoms with Crippen molar-refractivity contribution in [1.29, 1.82) is 0 Å². The maximum atomic E-state index is 14.4. The molecular weight excluding hydrogens is 791 g/mol. The number of imidazole rings is 1. The Kier molecular flexibility index (Phi) is 20.0. The average molecular weight is 848 g/mol. The molecule has 330 valence electrons. The van der Waals surface area contributed by atoms with Gasteiger partial charge in [0.2, 0.25) is 41.4 Å². The maximum absolute atomic E-state index is 14.4. The van der Waals surface area contributed by atoms with Crippen LogP contribution in [-0.2, 0) is 57.6 Å². The van der Waals surface area contributed by atoms with E-state index in [1.807, 2.05) is 0 Å². The largest absolute Gasteiger partial charge is 0.480 e. The van der Waals surface area contributed by atoms with Crippen molar-refractivity contribution in [2.45, 2.75) is 95.0 Å². The molecule has 0 radical (unpaired) electrons. The number of benzene rings is 2. The van der Waals surface area contributed by atoms with Crippen molar-refractivity contribution < 1.29 is 43.5 Å². The molecule has 61 heavy (non-hydrogen) atoms. The molecule has 2 aromatic carbocycles. The lowest BCUT2D eigenvalue weighted by molar-refractivity contribution is -0.139. The summed E-state index contributed by atoms with van der Waals surface area (Å²) in [7, 11) is 0. The van der Waals surface area contributed by atoms with Crippen molar-refractivity contribution in [3.05, 3.63) is 90.0 Å². The molecule has 3 aromatic rings. The Labute approximate surface area is 353 Å². The molecule has 7 amide bonds. The van der Waals surface area contributed by atoms with Gasteiger partial charge in [0.15, 0.2) is 0 Å². The lowest BCUT2D eigenvalue weighted by atomic mass is 10.0. The molecule has 0 bridgehead atoms. The zero-order valence-electron chi connectivity index (χ0n) is 34.2. The van der Waals surface area contributed by atoms with Crippen molar-refractivity contribution >= 4 is 47.3 Å². The number of nitrogens with two attached hydrogens (primary N) is 3. The number of rotatable bonds is 26. The lowest BCUT2D eigenvalue weighted by Gasteiger charge is -2.28. The van der Waals surface area contributed by atoms with E-state index in [9.17, 15) is 38.4 Å². The molecule has 20 nitrogen and oxygen atoms in total. The van der Waals surface area contributed by atoms with Crippen LogP contribution in [0.3, 0.4) is 0 Å². The van der Waals surface area contributed by atoms with Crippen molar-refractivity contribution in [1.82, 2.24) is 41.9 Å². The molecule has 6 atom stereocenters. The van der Waals surface area contributed by atoms with Gasteiger partial charge in [0, 0.05) is 31.2 Å². The number of aromatic amines is 1. The number of aliphatic carboxylic acids is 1. The van der Waals surface area contributed by atoms with Gasteiger partial charge in [0.25, 0.3) is 0 Å². The Morgan fingerprint density at radius 3 is 1.59 bits per heavy atom. The zero-order valence-corrected chi connectivity index (χ0v) is 34.2. The van der Waals surface area contributed by atoms with Gasteiger partial charge in [0.1, 0.15) is 36.8 Å². The number of primary amides is 1. The summed E-state index contributed by atoms with van der Waals surface area (Å²) in [5.74, 6) is -7.31. The fraction of sp³-hybridized carbons (Fsp3) is 0.439. The van der Waals surface area contributed by atoms with Gasteiger partial charge < -0.3 is 59.2 Å². The van der Waals surface area contributed by atoms with Crippen molar-refractivity contribution in [3.8, 4) is 0 Å². The molecule has 14 N–H and O–H groups in total. The van der Waals surface area contributed by atoms with Gasteiger partial charge in [-0.2, -0.15) is 0 Å². The second-order valence-corrected chi connectivity index (χ2v) is 14.8. The van der Waals surface area contributed by atoms with Gasteiger partial charge in [-0.15, -0.1) is 0 Å². The normalized spacial score (nSPS) is 13.9. The molecule has 0 saturated carbocycles. The minimum atomic E-state index is -1.57. The summed E-state index contributed by atoms with van der Waals surface area (Å²) < 4.78 is 0. The Bertz CT molecular complexity index is 1910. The van der Waals surface area contributed by atoms with E-state index in [0.29, 0.717) is 29.7 Å². The van der Waals surface area contributed by atoms with Crippen LogP contribution < -0.4 is 49.1 Å². The zero-order chi connectivity index (χ0) is 44.9. The summed E-state index contributed by atoms with van der Waals surface area (Å²) in [4.78, 5) is 112. The monoisotopic (exact) mass is 847 g/mol. The number of aromatic nitrogens is 2. The number of nitrogens with one attached hydrogen (secondary N) is 7. The minimum absolute atomic E-state index is 0.0176. The molecule has 0 aliphatic rings. The van der Waals surface area contributed by atoms with Gasteiger partial charge >= 0.3 is 5.97 Å². The third kappa shape index (κ3) is 17.2. The van der Waals surface area contributed by atoms with Gasteiger partial charge in [-0.3, -0.25) is 38.4 Å². The number of nitrogens with zero attached hydrogens (tertiary/aromatic N) is 1. The molecule has 0 aliphatic heterocycles. The molecule has 1 heterocycles. The first kappa shape index (κ1) is 48.7. The highest BCUT2D eigenvalue weighted by Crippen LogP contribution is 2.11. The highest BCUT2D eigenvalue weighted by molar-refractivity contribution is 5.98. The summed E-state index contributed by atoms with van der Waals surface area (Å²) in [6.45, 7) is 2.99. The third-order valence-electron chi connectivity index (χ3n) is 9.50. The predicted molar refractivity (Wildman–Crippen MR) is 222 cm³/mol. The second kappa shape index (κ2) is 25.1. The van der Waals surface area contributed by atoms with Gasteiger partial charge in [-0.05, 0) is 42.9 Å². The van der Waals surface area contributed by atoms with E-state index in [1.54, 1.807) is 74.5 Å². The summed E-state index contributed by atoms with van der Waals surface area (Å²) in [6, 6.07) is 9.88. The van der Waals surface area contributed by atoms with Crippen molar-refractivity contribution in [2.24, 2.45) is 23.1 Å². The number of carbonyl (C=O) groups is 8. The van der Waals surface area contributed by atoms with E-state index < -0.39 is 96.5 Å². The number of H-pyrrole nitrogens is 1. The van der Waals surface area contributed by atoms with Gasteiger partial charge in [-0.25, -0.2) is 4.98 Å². The fourth-order valence-electron chi connectivity index (χ4n) is 6.06. The third-order valence-corrected chi connectivity index (χ3v) is 9.50. The van der Waals surface area contributed by atoms with Crippen molar-refractivity contribution in [3.63, 3.8) is 0 Å². The SMILES string of the molecule is CC(C)[C@H](N)C(=O)N[C@@H](Cc1cnc[nH]1)C(=O)N[C@@H](Cc1ccccc1)C(=O)N[C@@H](Cc1ccccc1)C(=O)N[C@@H](CCCCN)C(=O)N[C@@H](CC(N)=O)C(=O)NCC(=O)O. The predicted octanol–water partition coefficient (Wildman–Crippen LogP) is -1.95. The van der Waals surface area contributed by atoms with Crippen LogP contribution in [0, 0.1) is 5.92 Å². The first-order valence-electron chi connectivity index (χ1n) is 19.9. The van der Waals surface area contributed by atoms with Gasteiger partial charge in [-0.1, -0.05) is 74.5 Å². The van der Waals surface area contributed by atoms with Crippen LogP contribution in [-0.4, -0.2) is 112 Å². The summed E-state index contributed by atoms with van der Waals surface area (Å²) in [5, 5.41) is 24.3. The number of hydrogen-bond donors (Lipinski definition) is 11. The van der Waals surface area contributed by atoms with E-state index >= 15 is 0 Å². The first-order valence-corrected chi connectivity index (χ1v) is 19.9. The number of carboxylic acid groups (broad SMARTS) is 1. The van der Waals surface area contributed by atoms with Crippen LogP contribution in [0.2, 0.25) is 0 Å². The lowest BCUT2D eigenvalue weighted by Crippen LogP contribution is -2.60. The maximum Gasteiger partial charge on any atom is 0.322 e. The molecule has 3 rings (SSSR count). The first-order chi connectivity index (χ1) is 29.1. The molecule has 0 spiro atoms. The number of carbonyl (C=O) groups excluding carboxylic acids is 7. The smallest absolute Gasteiger partial charge is 0.322 e. The van der Waals surface area contributed by atoms with Crippen LogP contribution >= 0.6 is 0 Å². The topological polar surface area (TPSA) is 336 Å². The highest BCUT2D eigenvalue weighted by Gasteiger charge is 2.34. The fourth-order valence-corrected chi connectivity index (χ4v) is 6.06. The second-order valence-electron chi connectivity index (χ2n) is 14.8. The number of carboxylic acids is 1. The summed E-state index contributed by atoms with van der Waals surface area (Å²) in [6.07, 6.45) is 2.97. The Morgan fingerprint density at radius 1 is 0.656 bits per heavy atom. The number of hydrogen-bond acceptors (Lipinski definition) is 11. The molecule has 0 fully saturated rings. The standard InChI is InChI=1S/C41H57N11O9/c1-24(2)35(44)41(61)52-31(19-27-21-45-23-47-27)40(60)50-30(18-26-13-7-4-8-14-26)39(59)49-29(17-25-11-5-3-6-12-25)38(58)48-28(15-9-10-16-42)37(57)51-32(20-33(43)53)36(56)46-22-34(54)55/h3-8,11-14,21,23-24,28-32,35H,9-10,15-20,22,42,44H2,1-2H3,(H2,43,53)(H,45,47)(H,46,56)(H,48,58)(H,49,59)(H,50,60)(H,51,57)(H,52,61)(H,54,55)/t28-,29-,30-,31-,32-,35-/m0/s1.